The second-order valence-corrected chi connectivity index (χ2v) is 7.12. The highest BCUT2D eigenvalue weighted by Gasteiger charge is 2.29. The van der Waals surface area contributed by atoms with Crippen LogP contribution >= 0.6 is 0 Å². The van der Waals surface area contributed by atoms with E-state index in [1.807, 2.05) is 13.0 Å². The molecule has 0 aliphatic carbocycles. The van der Waals surface area contributed by atoms with Crippen molar-refractivity contribution in [3.05, 3.63) is 29.6 Å². The van der Waals surface area contributed by atoms with E-state index >= 15 is 0 Å². The lowest BCUT2D eigenvalue weighted by molar-refractivity contribution is 0.199. The maximum absolute atomic E-state index is 13.4. The van der Waals surface area contributed by atoms with E-state index < -0.39 is 0 Å². The van der Waals surface area contributed by atoms with Gasteiger partial charge in [0.15, 0.2) is 0 Å². The van der Waals surface area contributed by atoms with Gasteiger partial charge in [0.25, 0.3) is 0 Å². The fourth-order valence-corrected chi connectivity index (χ4v) is 3.16. The van der Waals surface area contributed by atoms with Crippen LogP contribution in [-0.2, 0) is 0 Å². The molecule has 0 spiro atoms. The van der Waals surface area contributed by atoms with Crippen LogP contribution in [0.25, 0.3) is 0 Å². The number of anilines is 1. The van der Waals surface area contributed by atoms with Crippen molar-refractivity contribution < 1.29 is 4.39 Å². The number of halogens is 1. The third kappa shape index (κ3) is 3.32. The molecule has 1 aliphatic heterocycles. The second kappa shape index (κ2) is 5.72. The number of rotatable bonds is 2. The summed E-state index contributed by atoms with van der Waals surface area (Å²) in [5.74, 6) is 0.559. The molecule has 1 aromatic rings. The SMILES string of the molecule is C[C@@H](N)c1cc(F)ccc1N1CCC(C(C)(C)C)CC1. The van der Waals surface area contributed by atoms with Crippen molar-refractivity contribution in [2.75, 3.05) is 18.0 Å². The van der Waals surface area contributed by atoms with Gasteiger partial charge in [-0.25, -0.2) is 4.39 Å². The first-order valence-electron chi connectivity index (χ1n) is 7.59. The van der Waals surface area contributed by atoms with E-state index in [9.17, 15) is 4.39 Å². The Hall–Kier alpha value is -1.09. The van der Waals surface area contributed by atoms with Crippen LogP contribution in [0.2, 0.25) is 0 Å². The summed E-state index contributed by atoms with van der Waals surface area (Å²) in [6, 6.07) is 4.86. The predicted octanol–water partition coefficient (Wildman–Crippen LogP) is 4.11. The molecular weight excluding hydrogens is 251 g/mol. The Bertz CT molecular complexity index is 455. The Morgan fingerprint density at radius 2 is 1.85 bits per heavy atom. The second-order valence-electron chi connectivity index (χ2n) is 7.12. The molecule has 0 radical (unpaired) electrons. The van der Waals surface area contributed by atoms with Gasteiger partial charge in [0.1, 0.15) is 5.82 Å². The number of piperidine rings is 1. The van der Waals surface area contributed by atoms with E-state index in [0.29, 0.717) is 5.41 Å². The van der Waals surface area contributed by atoms with Crippen molar-refractivity contribution >= 4 is 5.69 Å². The van der Waals surface area contributed by atoms with Gasteiger partial charge in [-0.15, -0.1) is 0 Å². The van der Waals surface area contributed by atoms with Gasteiger partial charge in [0.2, 0.25) is 0 Å². The molecule has 2 N–H and O–H groups in total. The number of hydrogen-bond acceptors (Lipinski definition) is 2. The highest BCUT2D eigenvalue weighted by atomic mass is 19.1. The van der Waals surface area contributed by atoms with E-state index in [1.54, 1.807) is 6.07 Å². The van der Waals surface area contributed by atoms with Crippen molar-refractivity contribution in [1.29, 1.82) is 0 Å². The van der Waals surface area contributed by atoms with Crippen LogP contribution in [0.4, 0.5) is 10.1 Å². The van der Waals surface area contributed by atoms with Gasteiger partial charge >= 0.3 is 0 Å². The van der Waals surface area contributed by atoms with Gasteiger partial charge < -0.3 is 10.6 Å². The topological polar surface area (TPSA) is 29.3 Å². The van der Waals surface area contributed by atoms with Gasteiger partial charge in [-0.2, -0.15) is 0 Å². The Labute approximate surface area is 122 Å². The summed E-state index contributed by atoms with van der Waals surface area (Å²) in [6.07, 6.45) is 2.39. The van der Waals surface area contributed by atoms with E-state index in [4.69, 9.17) is 5.73 Å². The Morgan fingerprint density at radius 1 is 1.25 bits per heavy atom. The molecule has 2 nitrogen and oxygen atoms in total. The molecule has 1 aliphatic rings. The summed E-state index contributed by atoms with van der Waals surface area (Å²) in [5, 5.41) is 0. The summed E-state index contributed by atoms with van der Waals surface area (Å²) in [6.45, 7) is 10.9. The van der Waals surface area contributed by atoms with Crippen molar-refractivity contribution in [1.82, 2.24) is 0 Å². The minimum atomic E-state index is -0.203. The quantitative estimate of drug-likeness (QED) is 0.882. The predicted molar refractivity (Wildman–Crippen MR) is 83.4 cm³/mol. The molecule has 1 saturated heterocycles. The monoisotopic (exact) mass is 278 g/mol. The van der Waals surface area contributed by atoms with Crippen molar-refractivity contribution in [2.24, 2.45) is 17.1 Å². The summed E-state index contributed by atoms with van der Waals surface area (Å²) < 4.78 is 13.4. The van der Waals surface area contributed by atoms with E-state index in [0.717, 1.165) is 30.3 Å². The molecule has 0 unspecified atom stereocenters. The average Bonchev–Trinajstić information content (AvgIpc) is 2.37. The molecule has 1 fully saturated rings. The third-order valence-electron chi connectivity index (χ3n) is 4.54. The summed E-state index contributed by atoms with van der Waals surface area (Å²) >= 11 is 0. The van der Waals surface area contributed by atoms with Gasteiger partial charge in [0.05, 0.1) is 0 Å². The van der Waals surface area contributed by atoms with Crippen LogP contribution in [0.1, 0.15) is 52.1 Å². The maximum Gasteiger partial charge on any atom is 0.123 e. The first kappa shape index (κ1) is 15.3. The standard InChI is InChI=1S/C17H27FN2/c1-12(19)15-11-14(18)5-6-16(15)20-9-7-13(8-10-20)17(2,3)4/h5-6,11-13H,7-10,19H2,1-4H3/t12-/m1/s1. The normalized spacial score (nSPS) is 19.2. The molecule has 20 heavy (non-hydrogen) atoms. The first-order chi connectivity index (χ1) is 9.29. The smallest absolute Gasteiger partial charge is 0.123 e. The fourth-order valence-electron chi connectivity index (χ4n) is 3.16. The molecule has 1 heterocycles. The third-order valence-corrected chi connectivity index (χ3v) is 4.54. The minimum absolute atomic E-state index is 0.138. The summed E-state index contributed by atoms with van der Waals surface area (Å²) in [5.41, 5.74) is 8.39. The van der Waals surface area contributed by atoms with Crippen molar-refractivity contribution in [3.63, 3.8) is 0 Å². The Kier molecular flexibility index (Phi) is 4.38. The van der Waals surface area contributed by atoms with E-state index in [1.165, 1.54) is 18.9 Å². The molecular formula is C17H27FN2. The Balaban J connectivity index is 2.15. The highest BCUT2D eigenvalue weighted by molar-refractivity contribution is 5.55. The minimum Gasteiger partial charge on any atom is -0.371 e. The number of hydrogen-bond donors (Lipinski definition) is 1. The summed E-state index contributed by atoms with van der Waals surface area (Å²) in [4.78, 5) is 2.36. The van der Waals surface area contributed by atoms with Gasteiger partial charge in [0, 0.05) is 24.8 Å². The van der Waals surface area contributed by atoms with Crippen LogP contribution < -0.4 is 10.6 Å². The van der Waals surface area contributed by atoms with Crippen molar-refractivity contribution in [2.45, 2.75) is 46.6 Å². The lowest BCUT2D eigenvalue weighted by Crippen LogP contribution is -2.38. The van der Waals surface area contributed by atoms with Crippen LogP contribution in [0.15, 0.2) is 18.2 Å². The lowest BCUT2D eigenvalue weighted by Gasteiger charge is -2.40. The average molecular weight is 278 g/mol. The largest absolute Gasteiger partial charge is 0.371 e. The number of nitrogens with zero attached hydrogens (tertiary/aromatic N) is 1. The van der Waals surface area contributed by atoms with Gasteiger partial charge in [-0.3, -0.25) is 0 Å². The molecule has 2 rings (SSSR count). The zero-order valence-corrected chi connectivity index (χ0v) is 13.1. The molecule has 0 bridgehead atoms. The molecule has 112 valence electrons. The zero-order chi connectivity index (χ0) is 14.9. The first-order valence-corrected chi connectivity index (χ1v) is 7.59. The zero-order valence-electron chi connectivity index (χ0n) is 13.1. The molecule has 0 aromatic heterocycles. The van der Waals surface area contributed by atoms with Gasteiger partial charge in [-0.05, 0) is 54.9 Å². The highest BCUT2D eigenvalue weighted by Crippen LogP contribution is 2.37. The lowest BCUT2D eigenvalue weighted by atomic mass is 9.75. The maximum atomic E-state index is 13.4. The van der Waals surface area contributed by atoms with Crippen molar-refractivity contribution in [3.8, 4) is 0 Å². The van der Waals surface area contributed by atoms with Crippen LogP contribution in [0.3, 0.4) is 0 Å². The molecule has 1 atom stereocenters. The van der Waals surface area contributed by atoms with Crippen LogP contribution in [-0.4, -0.2) is 13.1 Å². The number of nitrogens with two attached hydrogens (primary N) is 1. The van der Waals surface area contributed by atoms with Crippen LogP contribution in [0.5, 0.6) is 0 Å². The molecule has 0 saturated carbocycles. The fraction of sp³-hybridized carbons (Fsp3) is 0.647. The van der Waals surface area contributed by atoms with E-state index in [2.05, 4.69) is 25.7 Å². The summed E-state index contributed by atoms with van der Waals surface area (Å²) in [7, 11) is 0. The Morgan fingerprint density at radius 3 is 2.35 bits per heavy atom. The molecule has 0 amide bonds. The van der Waals surface area contributed by atoms with Crippen LogP contribution in [0, 0.1) is 17.2 Å². The van der Waals surface area contributed by atoms with Gasteiger partial charge in [-0.1, -0.05) is 20.8 Å². The van der Waals surface area contributed by atoms with E-state index in [-0.39, 0.29) is 11.9 Å². The molecule has 1 aromatic carbocycles. The number of benzene rings is 1. The molecule has 3 heteroatoms.